The van der Waals surface area contributed by atoms with Crippen molar-refractivity contribution >= 4 is 5.78 Å². The van der Waals surface area contributed by atoms with Gasteiger partial charge in [-0.3, -0.25) is 4.79 Å². The van der Waals surface area contributed by atoms with Crippen LogP contribution < -0.4 is 0 Å². The van der Waals surface area contributed by atoms with Crippen LogP contribution in [0.4, 0.5) is 0 Å². The van der Waals surface area contributed by atoms with Crippen LogP contribution in [0.5, 0.6) is 0 Å². The minimum Gasteiger partial charge on any atom is -0.374 e. The maximum Gasteiger partial charge on any atom is 0.187 e. The fourth-order valence-electron chi connectivity index (χ4n) is 1.12. The minimum absolute atomic E-state index is 0.0405. The molecule has 0 amide bonds. The number of hydrogen-bond acceptors (Lipinski definition) is 3. The second-order valence-corrected chi connectivity index (χ2v) is 3.22. The summed E-state index contributed by atoms with van der Waals surface area (Å²) in [5.74, 6) is 0.256. The van der Waals surface area contributed by atoms with Crippen LogP contribution in [-0.2, 0) is 14.3 Å². The van der Waals surface area contributed by atoms with Crippen molar-refractivity contribution in [3.8, 4) is 0 Å². The Morgan fingerprint density at radius 3 is 2.23 bits per heavy atom. The average molecular weight is 188 g/mol. The molecule has 0 aliphatic rings. The van der Waals surface area contributed by atoms with Crippen molar-refractivity contribution in [2.45, 2.75) is 33.8 Å². The van der Waals surface area contributed by atoms with Gasteiger partial charge in [0.2, 0.25) is 0 Å². The molecule has 1 unspecified atom stereocenters. The lowest BCUT2D eigenvalue weighted by atomic mass is 10.0. The summed E-state index contributed by atoms with van der Waals surface area (Å²) >= 11 is 0. The first-order valence-corrected chi connectivity index (χ1v) is 4.85. The van der Waals surface area contributed by atoms with Gasteiger partial charge in [-0.25, -0.2) is 0 Å². The van der Waals surface area contributed by atoms with Crippen LogP contribution in [0.25, 0.3) is 0 Å². The summed E-state index contributed by atoms with van der Waals surface area (Å²) in [6.07, 6.45) is -0.309. The lowest BCUT2D eigenvalue weighted by molar-refractivity contribution is -0.137. The third-order valence-corrected chi connectivity index (χ3v) is 1.72. The Hall–Kier alpha value is -0.410. The highest BCUT2D eigenvalue weighted by atomic mass is 16.5. The summed E-state index contributed by atoms with van der Waals surface area (Å²) in [6.45, 7) is 9.03. The molecule has 1 atom stereocenters. The monoisotopic (exact) mass is 188 g/mol. The highest BCUT2D eigenvalue weighted by Gasteiger charge is 2.21. The molecule has 0 saturated carbocycles. The van der Waals surface area contributed by atoms with Gasteiger partial charge >= 0.3 is 0 Å². The maximum absolute atomic E-state index is 11.5. The summed E-state index contributed by atoms with van der Waals surface area (Å²) in [5, 5.41) is 0. The van der Waals surface area contributed by atoms with Crippen molar-refractivity contribution in [1.29, 1.82) is 0 Å². The molecule has 0 aliphatic carbocycles. The lowest BCUT2D eigenvalue weighted by Gasteiger charge is -2.19. The Morgan fingerprint density at radius 2 is 1.85 bits per heavy atom. The highest BCUT2D eigenvalue weighted by molar-refractivity contribution is 5.84. The van der Waals surface area contributed by atoms with E-state index in [1.165, 1.54) is 0 Å². The molecule has 0 rings (SSSR count). The molecule has 0 aromatic rings. The van der Waals surface area contributed by atoms with Crippen LogP contribution in [0.3, 0.4) is 0 Å². The summed E-state index contributed by atoms with van der Waals surface area (Å²) in [7, 11) is 0. The molecular formula is C10H20O3. The van der Waals surface area contributed by atoms with E-state index >= 15 is 0 Å². The Bertz CT molecular complexity index is 143. The molecule has 0 aliphatic heterocycles. The molecule has 0 saturated heterocycles. The van der Waals surface area contributed by atoms with Gasteiger partial charge in [0.15, 0.2) is 5.78 Å². The Labute approximate surface area is 80.4 Å². The molecule has 0 N–H and O–H groups in total. The summed E-state index contributed by atoms with van der Waals surface area (Å²) in [5.41, 5.74) is 0. The van der Waals surface area contributed by atoms with Gasteiger partial charge in [-0.1, -0.05) is 13.8 Å². The Kier molecular flexibility index (Phi) is 6.82. The van der Waals surface area contributed by atoms with Gasteiger partial charge in [0.25, 0.3) is 0 Å². The van der Waals surface area contributed by atoms with Crippen LogP contribution in [-0.4, -0.2) is 31.7 Å². The zero-order chi connectivity index (χ0) is 10.3. The third kappa shape index (κ3) is 5.01. The zero-order valence-electron chi connectivity index (χ0n) is 9.00. The van der Waals surface area contributed by atoms with Gasteiger partial charge in [-0.05, 0) is 19.8 Å². The van der Waals surface area contributed by atoms with Gasteiger partial charge in [0.1, 0.15) is 12.7 Å². The molecule has 3 heteroatoms. The second-order valence-electron chi connectivity index (χ2n) is 3.22. The predicted octanol–water partition coefficient (Wildman–Crippen LogP) is 1.65. The van der Waals surface area contributed by atoms with Crippen molar-refractivity contribution < 1.29 is 14.3 Å². The third-order valence-electron chi connectivity index (χ3n) is 1.72. The molecule has 0 aromatic heterocycles. The lowest BCUT2D eigenvalue weighted by Crippen LogP contribution is -2.32. The molecule has 0 spiro atoms. The SMILES string of the molecule is CCOCC(=O)C(OCC)C(C)C. The van der Waals surface area contributed by atoms with E-state index in [9.17, 15) is 4.79 Å². The summed E-state index contributed by atoms with van der Waals surface area (Å²) < 4.78 is 10.4. The molecule has 0 heterocycles. The number of rotatable bonds is 7. The van der Waals surface area contributed by atoms with Gasteiger partial charge in [-0.2, -0.15) is 0 Å². The van der Waals surface area contributed by atoms with Crippen molar-refractivity contribution in [2.75, 3.05) is 19.8 Å². The standard InChI is InChI=1S/C10H20O3/c1-5-12-7-9(11)10(8(3)4)13-6-2/h8,10H,5-7H2,1-4H3. The molecule has 0 aromatic carbocycles. The van der Waals surface area contributed by atoms with E-state index in [1.807, 2.05) is 27.7 Å². The van der Waals surface area contributed by atoms with Crippen LogP contribution in [0.15, 0.2) is 0 Å². The minimum atomic E-state index is -0.309. The molecule has 13 heavy (non-hydrogen) atoms. The molecular weight excluding hydrogens is 168 g/mol. The number of carbonyl (C=O) groups is 1. The van der Waals surface area contributed by atoms with Crippen LogP contribution in [0, 0.1) is 5.92 Å². The van der Waals surface area contributed by atoms with E-state index in [1.54, 1.807) is 0 Å². The molecule has 0 radical (unpaired) electrons. The fourth-order valence-corrected chi connectivity index (χ4v) is 1.12. The van der Waals surface area contributed by atoms with Gasteiger partial charge in [0, 0.05) is 13.2 Å². The topological polar surface area (TPSA) is 35.5 Å². The van der Waals surface area contributed by atoms with E-state index in [0.29, 0.717) is 13.2 Å². The van der Waals surface area contributed by atoms with Crippen LogP contribution in [0.1, 0.15) is 27.7 Å². The highest BCUT2D eigenvalue weighted by Crippen LogP contribution is 2.07. The van der Waals surface area contributed by atoms with Gasteiger partial charge in [0.05, 0.1) is 0 Å². The summed E-state index contributed by atoms with van der Waals surface area (Å²) in [6, 6.07) is 0. The van der Waals surface area contributed by atoms with Gasteiger partial charge in [-0.15, -0.1) is 0 Å². The number of ether oxygens (including phenoxy) is 2. The smallest absolute Gasteiger partial charge is 0.187 e. The largest absolute Gasteiger partial charge is 0.374 e. The van der Waals surface area contributed by atoms with E-state index in [4.69, 9.17) is 9.47 Å². The normalized spacial score (nSPS) is 13.3. The predicted molar refractivity (Wildman–Crippen MR) is 51.8 cm³/mol. The van der Waals surface area contributed by atoms with E-state index in [-0.39, 0.29) is 24.4 Å². The molecule has 0 fully saturated rings. The first-order valence-electron chi connectivity index (χ1n) is 4.85. The first-order chi connectivity index (χ1) is 6.13. The number of hydrogen-bond donors (Lipinski definition) is 0. The van der Waals surface area contributed by atoms with Crippen molar-refractivity contribution in [2.24, 2.45) is 5.92 Å². The molecule has 78 valence electrons. The van der Waals surface area contributed by atoms with Crippen molar-refractivity contribution in [1.82, 2.24) is 0 Å². The Balaban J connectivity index is 3.96. The van der Waals surface area contributed by atoms with Crippen molar-refractivity contribution in [3.63, 3.8) is 0 Å². The van der Waals surface area contributed by atoms with Crippen LogP contribution >= 0.6 is 0 Å². The molecule has 3 nitrogen and oxygen atoms in total. The zero-order valence-corrected chi connectivity index (χ0v) is 9.00. The summed E-state index contributed by atoms with van der Waals surface area (Å²) in [4.78, 5) is 11.5. The first kappa shape index (κ1) is 12.6. The fraction of sp³-hybridized carbons (Fsp3) is 0.900. The number of Topliss-reactive ketones (excluding diaryl/α,β-unsaturated/α-hetero) is 1. The van der Waals surface area contributed by atoms with Crippen molar-refractivity contribution in [3.05, 3.63) is 0 Å². The van der Waals surface area contributed by atoms with E-state index < -0.39 is 0 Å². The van der Waals surface area contributed by atoms with Gasteiger partial charge < -0.3 is 9.47 Å². The van der Waals surface area contributed by atoms with E-state index in [2.05, 4.69) is 0 Å². The second kappa shape index (κ2) is 7.04. The Morgan fingerprint density at radius 1 is 1.23 bits per heavy atom. The average Bonchev–Trinajstić information content (AvgIpc) is 2.09. The van der Waals surface area contributed by atoms with E-state index in [0.717, 1.165) is 0 Å². The number of carbonyl (C=O) groups excluding carboxylic acids is 1. The number of ketones is 1. The van der Waals surface area contributed by atoms with Crippen LogP contribution in [0.2, 0.25) is 0 Å². The molecule has 0 bridgehead atoms. The quantitative estimate of drug-likeness (QED) is 0.609. The maximum atomic E-state index is 11.5.